The fraction of sp³-hybridized carbons (Fsp3) is 0.652. The lowest BCUT2D eigenvalue weighted by Crippen LogP contribution is -2.47. The van der Waals surface area contributed by atoms with E-state index in [1.54, 1.807) is 0 Å². The molecule has 1 spiro atoms. The van der Waals surface area contributed by atoms with Gasteiger partial charge in [-0.3, -0.25) is 9.59 Å². The molecule has 2 fully saturated rings. The number of fused-ring (bicyclic) bond motifs is 2. The molecule has 1 unspecified atom stereocenters. The van der Waals surface area contributed by atoms with Crippen LogP contribution in [-0.4, -0.2) is 72.8 Å². The molecular formula is C23H33N3O2. The molecule has 1 atom stereocenters. The maximum atomic E-state index is 13.0. The van der Waals surface area contributed by atoms with Gasteiger partial charge in [0, 0.05) is 52.1 Å². The number of benzene rings is 1. The van der Waals surface area contributed by atoms with Crippen LogP contribution in [0.3, 0.4) is 0 Å². The van der Waals surface area contributed by atoms with Gasteiger partial charge < -0.3 is 14.7 Å². The van der Waals surface area contributed by atoms with Gasteiger partial charge in [0.2, 0.25) is 11.8 Å². The lowest BCUT2D eigenvalue weighted by Gasteiger charge is -2.40. The second-order valence-corrected chi connectivity index (χ2v) is 8.89. The molecule has 152 valence electrons. The van der Waals surface area contributed by atoms with Crippen LogP contribution < -0.4 is 0 Å². The molecule has 5 nitrogen and oxygen atoms in total. The molecule has 0 saturated carbocycles. The van der Waals surface area contributed by atoms with E-state index >= 15 is 0 Å². The van der Waals surface area contributed by atoms with Crippen molar-refractivity contribution in [2.24, 2.45) is 0 Å². The Bertz CT molecular complexity index is 731. The van der Waals surface area contributed by atoms with Gasteiger partial charge in [0.1, 0.15) is 0 Å². The zero-order valence-corrected chi connectivity index (χ0v) is 17.3. The first-order valence-electron chi connectivity index (χ1n) is 10.9. The molecule has 3 aliphatic rings. The van der Waals surface area contributed by atoms with Crippen molar-refractivity contribution in [3.63, 3.8) is 0 Å². The maximum Gasteiger partial charge on any atom is 0.223 e. The molecule has 2 amide bonds. The summed E-state index contributed by atoms with van der Waals surface area (Å²) >= 11 is 0. The Morgan fingerprint density at radius 2 is 1.61 bits per heavy atom. The highest BCUT2D eigenvalue weighted by Gasteiger charge is 2.46. The summed E-state index contributed by atoms with van der Waals surface area (Å²) in [7, 11) is 2.12. The molecule has 5 heteroatoms. The van der Waals surface area contributed by atoms with Crippen LogP contribution in [0.25, 0.3) is 0 Å². The Morgan fingerprint density at radius 3 is 2.29 bits per heavy atom. The van der Waals surface area contributed by atoms with Gasteiger partial charge in [0.25, 0.3) is 0 Å². The third kappa shape index (κ3) is 3.57. The van der Waals surface area contributed by atoms with Crippen LogP contribution in [0.4, 0.5) is 0 Å². The predicted octanol–water partition coefficient (Wildman–Crippen LogP) is 2.61. The largest absolute Gasteiger partial charge is 0.343 e. The third-order valence-electron chi connectivity index (χ3n) is 7.26. The van der Waals surface area contributed by atoms with Gasteiger partial charge in [-0.05, 0) is 48.8 Å². The normalized spacial score (nSPS) is 24.4. The molecule has 2 aliphatic heterocycles. The zero-order valence-electron chi connectivity index (χ0n) is 17.3. The van der Waals surface area contributed by atoms with E-state index in [-0.39, 0.29) is 11.3 Å². The molecule has 1 aliphatic carbocycles. The number of piperazine rings is 1. The van der Waals surface area contributed by atoms with Crippen molar-refractivity contribution >= 4 is 11.8 Å². The summed E-state index contributed by atoms with van der Waals surface area (Å²) in [5.74, 6) is 0.892. The van der Waals surface area contributed by atoms with Crippen LogP contribution in [0.2, 0.25) is 0 Å². The minimum Gasteiger partial charge on any atom is -0.343 e. The van der Waals surface area contributed by atoms with Gasteiger partial charge in [-0.2, -0.15) is 0 Å². The Morgan fingerprint density at radius 1 is 0.964 bits per heavy atom. The van der Waals surface area contributed by atoms with Crippen molar-refractivity contribution in [2.45, 2.75) is 50.4 Å². The summed E-state index contributed by atoms with van der Waals surface area (Å²) in [4.78, 5) is 31.4. The average Bonchev–Trinajstić information content (AvgIpc) is 3.02. The molecule has 1 aromatic rings. The molecule has 0 bridgehead atoms. The SMILES string of the molecule is CCC(=O)N1CCC2(CC1)CC(CC(=O)N1CCN(C)CC1)c1ccccc12. The maximum absolute atomic E-state index is 13.0. The number of hydrogen-bond donors (Lipinski definition) is 0. The van der Waals surface area contributed by atoms with Crippen molar-refractivity contribution < 1.29 is 9.59 Å². The van der Waals surface area contributed by atoms with E-state index in [0.29, 0.717) is 24.7 Å². The molecular weight excluding hydrogens is 350 g/mol. The van der Waals surface area contributed by atoms with Crippen LogP contribution in [0, 0.1) is 0 Å². The topological polar surface area (TPSA) is 43.9 Å². The highest BCUT2D eigenvalue weighted by molar-refractivity contribution is 5.78. The van der Waals surface area contributed by atoms with E-state index in [0.717, 1.165) is 58.5 Å². The zero-order chi connectivity index (χ0) is 19.7. The fourth-order valence-electron chi connectivity index (χ4n) is 5.49. The van der Waals surface area contributed by atoms with E-state index in [9.17, 15) is 9.59 Å². The number of carbonyl (C=O) groups excluding carboxylic acids is 2. The number of amides is 2. The van der Waals surface area contributed by atoms with Crippen molar-refractivity contribution in [3.05, 3.63) is 35.4 Å². The number of hydrogen-bond acceptors (Lipinski definition) is 3. The third-order valence-corrected chi connectivity index (χ3v) is 7.26. The Hall–Kier alpha value is -1.88. The average molecular weight is 384 g/mol. The van der Waals surface area contributed by atoms with Gasteiger partial charge in [-0.25, -0.2) is 0 Å². The number of rotatable bonds is 3. The van der Waals surface area contributed by atoms with Gasteiger partial charge in [-0.15, -0.1) is 0 Å². The van der Waals surface area contributed by atoms with Crippen LogP contribution >= 0.6 is 0 Å². The summed E-state index contributed by atoms with van der Waals surface area (Å²) < 4.78 is 0. The first kappa shape index (κ1) is 19.4. The van der Waals surface area contributed by atoms with Crippen LogP contribution in [-0.2, 0) is 15.0 Å². The van der Waals surface area contributed by atoms with Gasteiger partial charge >= 0.3 is 0 Å². The summed E-state index contributed by atoms with van der Waals surface area (Å²) in [5, 5.41) is 0. The molecule has 1 aromatic carbocycles. The monoisotopic (exact) mass is 383 g/mol. The van der Waals surface area contributed by atoms with Gasteiger partial charge in [0.15, 0.2) is 0 Å². The molecule has 0 aromatic heterocycles. The van der Waals surface area contributed by atoms with E-state index < -0.39 is 0 Å². The van der Waals surface area contributed by atoms with Crippen molar-refractivity contribution in [1.29, 1.82) is 0 Å². The van der Waals surface area contributed by atoms with Gasteiger partial charge in [-0.1, -0.05) is 31.2 Å². The molecule has 0 radical (unpaired) electrons. The number of likely N-dealkylation sites (N-methyl/N-ethyl adjacent to an activating group) is 1. The first-order valence-corrected chi connectivity index (χ1v) is 10.9. The van der Waals surface area contributed by atoms with Crippen molar-refractivity contribution in [1.82, 2.24) is 14.7 Å². The van der Waals surface area contributed by atoms with E-state index in [1.807, 2.05) is 11.8 Å². The Labute approximate surface area is 168 Å². The second-order valence-electron chi connectivity index (χ2n) is 8.89. The number of nitrogens with zero attached hydrogens (tertiary/aromatic N) is 3. The lowest BCUT2D eigenvalue weighted by molar-refractivity contribution is -0.133. The quantitative estimate of drug-likeness (QED) is 0.806. The second kappa shape index (κ2) is 7.86. The minimum atomic E-state index is 0.147. The van der Waals surface area contributed by atoms with Crippen LogP contribution in [0.1, 0.15) is 56.1 Å². The summed E-state index contributed by atoms with van der Waals surface area (Å²) in [6.45, 7) is 7.28. The Balaban J connectivity index is 1.48. The molecule has 2 heterocycles. The van der Waals surface area contributed by atoms with E-state index in [2.05, 4.69) is 41.1 Å². The molecule has 28 heavy (non-hydrogen) atoms. The lowest BCUT2D eigenvalue weighted by atomic mass is 9.73. The molecule has 2 saturated heterocycles. The van der Waals surface area contributed by atoms with E-state index in [4.69, 9.17) is 0 Å². The standard InChI is InChI=1S/C23H33N3O2/c1-3-21(27)25-10-8-23(9-11-25)17-18(19-6-4-5-7-20(19)23)16-22(28)26-14-12-24(2)13-15-26/h4-7,18H,3,8-17H2,1-2H3. The van der Waals surface area contributed by atoms with E-state index in [1.165, 1.54) is 11.1 Å². The summed E-state index contributed by atoms with van der Waals surface area (Å²) in [5.41, 5.74) is 2.96. The summed E-state index contributed by atoms with van der Waals surface area (Å²) in [6.07, 6.45) is 4.32. The summed E-state index contributed by atoms with van der Waals surface area (Å²) in [6, 6.07) is 8.75. The highest BCUT2D eigenvalue weighted by Crippen LogP contribution is 2.52. The van der Waals surface area contributed by atoms with Crippen LogP contribution in [0.15, 0.2) is 24.3 Å². The van der Waals surface area contributed by atoms with Crippen LogP contribution in [0.5, 0.6) is 0 Å². The minimum absolute atomic E-state index is 0.147. The number of piperidine rings is 1. The Kier molecular flexibility index (Phi) is 5.46. The smallest absolute Gasteiger partial charge is 0.223 e. The van der Waals surface area contributed by atoms with Gasteiger partial charge in [0.05, 0.1) is 0 Å². The number of carbonyl (C=O) groups is 2. The number of likely N-dealkylation sites (tertiary alicyclic amines) is 1. The predicted molar refractivity (Wildman–Crippen MR) is 110 cm³/mol. The molecule has 4 rings (SSSR count). The fourth-order valence-corrected chi connectivity index (χ4v) is 5.49. The van der Waals surface area contributed by atoms with Crippen molar-refractivity contribution in [3.8, 4) is 0 Å². The van der Waals surface area contributed by atoms with Crippen molar-refractivity contribution in [2.75, 3.05) is 46.3 Å². The first-order chi connectivity index (χ1) is 13.5. The molecule has 0 N–H and O–H groups in total. The highest BCUT2D eigenvalue weighted by atomic mass is 16.2.